The van der Waals surface area contributed by atoms with E-state index in [0.29, 0.717) is 31.8 Å². The second-order valence-corrected chi connectivity index (χ2v) is 8.60. The number of rotatable bonds is 4. The van der Waals surface area contributed by atoms with E-state index in [4.69, 9.17) is 15.4 Å². The second kappa shape index (κ2) is 22.4. The molecule has 0 radical (unpaired) electrons. The summed E-state index contributed by atoms with van der Waals surface area (Å²) in [6, 6.07) is 9.88. The zero-order chi connectivity index (χ0) is 27.5. The molecule has 1 unspecified atom stereocenters. The molecule has 1 aliphatic rings. The number of carbonyl (C=O) groups is 1. The van der Waals surface area contributed by atoms with Crippen molar-refractivity contribution in [1.29, 1.82) is 0 Å². The molecule has 1 aliphatic heterocycles. The van der Waals surface area contributed by atoms with Crippen LogP contribution < -0.4 is 0 Å². The van der Waals surface area contributed by atoms with Gasteiger partial charge in [-0.25, -0.2) is 4.98 Å². The Labute approximate surface area is 250 Å². The molecule has 3 heterocycles. The first-order valence-corrected chi connectivity index (χ1v) is 13.2. The van der Waals surface area contributed by atoms with Gasteiger partial charge >= 0.3 is 0 Å². The van der Waals surface area contributed by atoms with Crippen LogP contribution in [-0.4, -0.2) is 57.5 Å². The van der Waals surface area contributed by atoms with Crippen LogP contribution in [0.4, 0.5) is 0 Å². The Bertz CT molecular complexity index is 963. The van der Waals surface area contributed by atoms with Gasteiger partial charge in [-0.15, -0.1) is 17.9 Å². The van der Waals surface area contributed by atoms with Crippen LogP contribution in [0, 0.1) is 45.0 Å². The number of thiazole rings is 1. The van der Waals surface area contributed by atoms with Crippen molar-refractivity contribution in [1.82, 2.24) is 15.0 Å². The van der Waals surface area contributed by atoms with E-state index in [-0.39, 0.29) is 49.5 Å². The van der Waals surface area contributed by atoms with Gasteiger partial charge in [-0.05, 0) is 25.8 Å². The minimum atomic E-state index is -0.370. The molecule has 1 aromatic carbocycles. The van der Waals surface area contributed by atoms with E-state index < -0.39 is 0 Å². The molecular formula is C27H43N4O4SU-. The summed E-state index contributed by atoms with van der Waals surface area (Å²) in [4.78, 5) is 18.8. The summed E-state index contributed by atoms with van der Waals surface area (Å²) in [7, 11) is 1.00. The van der Waals surface area contributed by atoms with Gasteiger partial charge in [-0.3, -0.25) is 4.79 Å². The number of aliphatic hydroxyl groups is 2. The number of nitrogens with one attached hydrogen (secondary N) is 1. The molecular weight excluding hydrogens is 714 g/mol. The maximum absolute atomic E-state index is 11.7. The van der Waals surface area contributed by atoms with Crippen LogP contribution in [0.3, 0.4) is 0 Å². The Morgan fingerprint density at radius 3 is 2.19 bits per heavy atom. The summed E-state index contributed by atoms with van der Waals surface area (Å²) in [5.74, 6) is 0.571. The standard InChI is InChI=1S/C11H11N2S.C10H14N2O3.C3H8.C2H6.CH4O.U/c1-8-11(14-7-13-8)10-4-2-9(6-12)3-5-10;1-7-4-9(15-11-7)5-10(14)12-3-2-8(13)6-12;1-3-2;2*1-2;/h2-5,7,12H,6H2,1H3;4,8,13H,2-3,5-6H2,1H3;3H2,1-2H3;1-2H3;2H,1H3;/q-1;;;;;. The number of nitrogens with zero attached hydrogens (tertiary/aromatic N) is 3. The average Bonchev–Trinajstić information content (AvgIpc) is 3.64. The van der Waals surface area contributed by atoms with Crippen molar-refractivity contribution in [3.8, 4) is 10.4 Å². The minimum Gasteiger partial charge on any atom is -0.674 e. The molecule has 37 heavy (non-hydrogen) atoms. The summed E-state index contributed by atoms with van der Waals surface area (Å²) in [6.07, 6.45) is 1.78. The van der Waals surface area contributed by atoms with Crippen molar-refractivity contribution in [2.45, 2.75) is 73.5 Å². The van der Waals surface area contributed by atoms with Gasteiger partial charge in [0.2, 0.25) is 5.91 Å². The number of hydrogen-bond acceptors (Lipinski definition) is 7. The Morgan fingerprint density at radius 2 is 1.78 bits per heavy atom. The molecule has 3 N–H and O–H groups in total. The third-order valence-corrected chi connectivity index (χ3v) is 5.66. The molecule has 1 atom stereocenters. The number of hydrogen-bond donors (Lipinski definition) is 2. The van der Waals surface area contributed by atoms with E-state index in [1.165, 1.54) is 16.9 Å². The predicted molar refractivity (Wildman–Crippen MR) is 148 cm³/mol. The number of carbonyl (C=O) groups excluding carboxylic acids is 1. The molecule has 10 heteroatoms. The second-order valence-electron chi connectivity index (χ2n) is 7.74. The van der Waals surface area contributed by atoms with Crippen LogP contribution in [0.1, 0.15) is 63.2 Å². The molecule has 206 valence electrons. The van der Waals surface area contributed by atoms with Crippen LogP contribution in [0.5, 0.6) is 0 Å². The maximum atomic E-state index is 11.7. The molecule has 1 saturated heterocycles. The third-order valence-electron chi connectivity index (χ3n) is 4.68. The number of aliphatic hydroxyl groups excluding tert-OH is 2. The topological polar surface area (TPSA) is 123 Å². The van der Waals surface area contributed by atoms with Gasteiger partial charge in [0.25, 0.3) is 0 Å². The minimum absolute atomic E-state index is 0. The first kappa shape index (κ1) is 37.6. The van der Waals surface area contributed by atoms with Crippen LogP contribution in [0.25, 0.3) is 16.2 Å². The van der Waals surface area contributed by atoms with E-state index in [1.807, 2.05) is 45.3 Å². The predicted octanol–water partition coefficient (Wildman–Crippen LogP) is 5.84. The van der Waals surface area contributed by atoms with E-state index >= 15 is 0 Å². The fourth-order valence-electron chi connectivity index (χ4n) is 3.08. The summed E-state index contributed by atoms with van der Waals surface area (Å²) >= 11 is 1.66. The number of benzene rings is 1. The largest absolute Gasteiger partial charge is 0.674 e. The van der Waals surface area contributed by atoms with E-state index in [9.17, 15) is 9.90 Å². The van der Waals surface area contributed by atoms with Gasteiger partial charge in [-0.2, -0.15) is 0 Å². The smallest absolute Gasteiger partial charge is 0.230 e. The Balaban J connectivity index is 0. The summed E-state index contributed by atoms with van der Waals surface area (Å²) < 4.78 is 4.96. The third kappa shape index (κ3) is 14.3. The first-order valence-electron chi connectivity index (χ1n) is 12.3. The van der Waals surface area contributed by atoms with Crippen LogP contribution in [-0.2, 0) is 17.8 Å². The van der Waals surface area contributed by atoms with Crippen LogP contribution in [0.15, 0.2) is 40.4 Å². The molecule has 0 saturated carbocycles. The summed E-state index contributed by atoms with van der Waals surface area (Å²) in [6.45, 7) is 13.5. The number of likely N-dealkylation sites (tertiary alicyclic amines) is 1. The van der Waals surface area contributed by atoms with Crippen molar-refractivity contribution in [2.24, 2.45) is 0 Å². The summed E-state index contributed by atoms with van der Waals surface area (Å²) in [5, 5.41) is 20.0. The number of aryl methyl sites for hydroxylation is 2. The quantitative estimate of drug-likeness (QED) is 0.345. The Kier molecular flexibility index (Phi) is 22.8. The van der Waals surface area contributed by atoms with Crippen LogP contribution >= 0.6 is 11.3 Å². The number of β-amino-alcohol motifs (C(OH)–C–C–N with tert-alkyl or cyclic N) is 1. The van der Waals surface area contributed by atoms with Crippen molar-refractivity contribution in [3.63, 3.8) is 0 Å². The molecule has 4 rings (SSSR count). The normalized spacial score (nSPS) is 13.2. The van der Waals surface area contributed by atoms with Gasteiger partial charge in [-0.1, -0.05) is 69.1 Å². The molecule has 3 aromatic rings. The van der Waals surface area contributed by atoms with E-state index in [0.717, 1.165) is 24.1 Å². The average molecular weight is 758 g/mol. The summed E-state index contributed by atoms with van der Waals surface area (Å²) in [5.41, 5.74) is 13.2. The first-order chi connectivity index (χ1) is 17.4. The zero-order valence-electron chi connectivity index (χ0n) is 23.2. The molecule has 2 aromatic heterocycles. The van der Waals surface area contributed by atoms with E-state index in [2.05, 4.69) is 36.1 Å². The molecule has 8 nitrogen and oxygen atoms in total. The number of amides is 1. The van der Waals surface area contributed by atoms with Crippen molar-refractivity contribution in [3.05, 3.63) is 64.3 Å². The molecule has 0 aliphatic carbocycles. The fraction of sp³-hybridized carbons (Fsp3) is 0.519. The van der Waals surface area contributed by atoms with Gasteiger partial charge in [0, 0.05) is 57.4 Å². The van der Waals surface area contributed by atoms with Crippen LogP contribution in [0.2, 0.25) is 0 Å². The van der Waals surface area contributed by atoms with Gasteiger partial charge < -0.3 is 25.4 Å². The fourth-order valence-corrected chi connectivity index (χ4v) is 3.89. The van der Waals surface area contributed by atoms with Crippen molar-refractivity contribution < 1.29 is 50.6 Å². The molecule has 1 fully saturated rings. The van der Waals surface area contributed by atoms with Gasteiger partial charge in [0.1, 0.15) is 5.76 Å². The molecule has 0 spiro atoms. The molecule has 1 amide bonds. The van der Waals surface area contributed by atoms with Crippen molar-refractivity contribution in [2.75, 3.05) is 20.2 Å². The Morgan fingerprint density at radius 1 is 1.19 bits per heavy atom. The maximum Gasteiger partial charge on any atom is 0.230 e. The monoisotopic (exact) mass is 757 g/mol. The van der Waals surface area contributed by atoms with Crippen molar-refractivity contribution >= 4 is 17.2 Å². The zero-order valence-corrected chi connectivity index (χ0v) is 28.2. The number of aromatic nitrogens is 2. The van der Waals surface area contributed by atoms with Gasteiger partial charge in [0.15, 0.2) is 0 Å². The van der Waals surface area contributed by atoms with E-state index in [1.54, 1.807) is 22.3 Å². The van der Waals surface area contributed by atoms with Gasteiger partial charge in [0.05, 0.1) is 34.3 Å². The Hall–Kier alpha value is -1.54. The SMILES string of the molecule is CC.CCC.CO.Cc1cc(CC(=O)N2CCC(O)C2)on1.Cc1ncsc1-c1ccc(C[NH-])cc1.[U]. The molecule has 0 bridgehead atoms.